The summed E-state index contributed by atoms with van der Waals surface area (Å²) in [5.74, 6) is 1.57. The molecule has 1 unspecified atom stereocenters. The fraction of sp³-hybridized carbons (Fsp3) is 0.632. The lowest BCUT2D eigenvalue weighted by Crippen LogP contribution is -2.39. The summed E-state index contributed by atoms with van der Waals surface area (Å²) in [6.07, 6.45) is 3.82. The summed E-state index contributed by atoms with van der Waals surface area (Å²) in [5, 5.41) is 25.4. The number of rotatable bonds is 8. The van der Waals surface area contributed by atoms with E-state index in [2.05, 4.69) is 20.7 Å². The average Bonchev–Trinajstić information content (AvgIpc) is 3.33. The second kappa shape index (κ2) is 11.1. The molecular formula is C19H31IN6O2S. The number of aromatic nitrogens is 3. The van der Waals surface area contributed by atoms with E-state index in [9.17, 15) is 9.90 Å². The van der Waals surface area contributed by atoms with Gasteiger partial charge in [-0.25, -0.2) is 14.5 Å². The molecule has 3 N–H and O–H groups in total. The molecule has 0 aliphatic carbocycles. The highest BCUT2D eigenvalue weighted by Gasteiger charge is 2.23. The molecule has 29 heavy (non-hydrogen) atoms. The second-order valence-corrected chi connectivity index (χ2v) is 8.07. The standard InChI is InChI=1S/C19H30N6O2S.HI/c1-3-20-17(22-14-19(2,27)15-8-12-28-13-15)21-9-6-11-25-18(26)24-10-5-4-7-16(24)23-25;/h8,12-13,27H,3-7,9-11,14H2,1-2H3,(H2,20,21,22);1H. The number of nitrogens with zero attached hydrogens (tertiary/aromatic N) is 4. The van der Waals surface area contributed by atoms with Crippen LogP contribution >= 0.6 is 35.3 Å². The van der Waals surface area contributed by atoms with Gasteiger partial charge in [0.15, 0.2) is 5.96 Å². The molecule has 8 nitrogen and oxygen atoms in total. The topological polar surface area (TPSA) is 96.5 Å². The second-order valence-electron chi connectivity index (χ2n) is 7.29. The SMILES string of the molecule is CCNC(=NCC(C)(O)c1ccsc1)NCCCn1nc2n(c1=O)CCCC2.I. The van der Waals surface area contributed by atoms with Gasteiger partial charge in [-0.2, -0.15) is 16.4 Å². The van der Waals surface area contributed by atoms with Crippen LogP contribution in [0, 0.1) is 0 Å². The first kappa shape index (κ1) is 23.9. The number of guanidine groups is 1. The van der Waals surface area contributed by atoms with Crippen LogP contribution in [-0.4, -0.2) is 45.0 Å². The van der Waals surface area contributed by atoms with Gasteiger partial charge in [-0.15, -0.1) is 24.0 Å². The maximum absolute atomic E-state index is 12.3. The number of aryl methyl sites for hydroxylation is 2. The Labute approximate surface area is 192 Å². The first-order valence-corrected chi connectivity index (χ1v) is 10.9. The van der Waals surface area contributed by atoms with Crippen molar-refractivity contribution in [3.8, 4) is 0 Å². The van der Waals surface area contributed by atoms with E-state index in [4.69, 9.17) is 0 Å². The minimum absolute atomic E-state index is 0. The van der Waals surface area contributed by atoms with Gasteiger partial charge in [-0.1, -0.05) is 0 Å². The van der Waals surface area contributed by atoms with Crippen LogP contribution in [0.2, 0.25) is 0 Å². The molecular weight excluding hydrogens is 503 g/mol. The van der Waals surface area contributed by atoms with Crippen LogP contribution in [0.25, 0.3) is 0 Å². The highest BCUT2D eigenvalue weighted by Crippen LogP contribution is 2.23. The molecule has 0 spiro atoms. The minimum Gasteiger partial charge on any atom is -0.383 e. The van der Waals surface area contributed by atoms with Crippen LogP contribution in [-0.2, 0) is 25.1 Å². The van der Waals surface area contributed by atoms with Crippen molar-refractivity contribution in [3.63, 3.8) is 0 Å². The number of aliphatic hydroxyl groups is 1. The highest BCUT2D eigenvalue weighted by molar-refractivity contribution is 14.0. The molecule has 0 bridgehead atoms. The Kier molecular flexibility index (Phi) is 9.15. The van der Waals surface area contributed by atoms with Crippen molar-refractivity contribution >= 4 is 41.3 Å². The zero-order valence-electron chi connectivity index (χ0n) is 17.1. The van der Waals surface area contributed by atoms with Gasteiger partial charge < -0.3 is 15.7 Å². The monoisotopic (exact) mass is 534 g/mol. The molecule has 3 rings (SSSR count). The minimum atomic E-state index is -0.995. The molecule has 162 valence electrons. The zero-order chi connectivity index (χ0) is 20.0. The Balaban J connectivity index is 0.00000300. The van der Waals surface area contributed by atoms with Gasteiger partial charge in [-0.3, -0.25) is 4.57 Å². The van der Waals surface area contributed by atoms with E-state index < -0.39 is 5.60 Å². The Morgan fingerprint density at radius 2 is 2.24 bits per heavy atom. The van der Waals surface area contributed by atoms with Gasteiger partial charge in [0, 0.05) is 32.6 Å². The van der Waals surface area contributed by atoms with Crippen molar-refractivity contribution in [2.24, 2.45) is 4.99 Å². The Morgan fingerprint density at radius 3 is 2.93 bits per heavy atom. The van der Waals surface area contributed by atoms with Gasteiger partial charge in [0.2, 0.25) is 0 Å². The third-order valence-corrected chi connectivity index (χ3v) is 5.59. The molecule has 2 aromatic rings. The van der Waals surface area contributed by atoms with Crippen LogP contribution < -0.4 is 16.3 Å². The molecule has 1 aliphatic heterocycles. The molecule has 1 atom stereocenters. The van der Waals surface area contributed by atoms with Crippen LogP contribution in [0.3, 0.4) is 0 Å². The zero-order valence-corrected chi connectivity index (χ0v) is 20.2. The summed E-state index contributed by atoms with van der Waals surface area (Å²) < 4.78 is 3.38. The van der Waals surface area contributed by atoms with Crippen molar-refractivity contribution in [1.29, 1.82) is 0 Å². The van der Waals surface area contributed by atoms with Crippen LogP contribution in [0.5, 0.6) is 0 Å². The van der Waals surface area contributed by atoms with E-state index >= 15 is 0 Å². The van der Waals surface area contributed by atoms with E-state index in [1.54, 1.807) is 27.5 Å². The van der Waals surface area contributed by atoms with E-state index in [1.165, 1.54) is 0 Å². The molecule has 0 amide bonds. The third kappa shape index (κ3) is 6.29. The van der Waals surface area contributed by atoms with Gasteiger partial charge in [-0.05, 0) is 55.5 Å². The maximum Gasteiger partial charge on any atom is 0.345 e. The fourth-order valence-electron chi connectivity index (χ4n) is 3.27. The molecule has 0 radical (unpaired) electrons. The van der Waals surface area contributed by atoms with Crippen molar-refractivity contribution in [1.82, 2.24) is 25.0 Å². The van der Waals surface area contributed by atoms with Crippen LogP contribution in [0.1, 0.15) is 44.5 Å². The quantitative estimate of drug-likeness (QED) is 0.208. The van der Waals surface area contributed by atoms with E-state index in [0.717, 1.165) is 50.2 Å². The lowest BCUT2D eigenvalue weighted by atomic mass is 10.00. The number of thiophene rings is 1. The van der Waals surface area contributed by atoms with Crippen molar-refractivity contribution in [2.75, 3.05) is 19.6 Å². The highest BCUT2D eigenvalue weighted by atomic mass is 127. The van der Waals surface area contributed by atoms with Crippen LogP contribution in [0.4, 0.5) is 0 Å². The number of nitrogens with one attached hydrogen (secondary N) is 2. The summed E-state index contributed by atoms with van der Waals surface area (Å²) >= 11 is 1.56. The maximum atomic E-state index is 12.3. The largest absolute Gasteiger partial charge is 0.383 e. The average molecular weight is 534 g/mol. The molecule has 0 saturated carbocycles. The van der Waals surface area contributed by atoms with E-state index in [1.807, 2.05) is 23.8 Å². The predicted molar refractivity (Wildman–Crippen MR) is 127 cm³/mol. The summed E-state index contributed by atoms with van der Waals surface area (Å²) in [7, 11) is 0. The summed E-state index contributed by atoms with van der Waals surface area (Å²) in [6.45, 7) is 6.82. The molecule has 10 heteroatoms. The van der Waals surface area contributed by atoms with E-state index in [-0.39, 0.29) is 36.2 Å². The normalized spacial score (nSPS) is 15.9. The van der Waals surface area contributed by atoms with Crippen molar-refractivity contribution < 1.29 is 5.11 Å². The Bertz CT molecular complexity index is 844. The lowest BCUT2D eigenvalue weighted by Gasteiger charge is -2.21. The van der Waals surface area contributed by atoms with Gasteiger partial charge in [0.05, 0.1) is 6.54 Å². The first-order chi connectivity index (χ1) is 13.5. The molecule has 3 heterocycles. The molecule has 0 saturated heterocycles. The predicted octanol–water partition coefficient (Wildman–Crippen LogP) is 1.91. The van der Waals surface area contributed by atoms with Gasteiger partial charge in [0.1, 0.15) is 11.4 Å². The van der Waals surface area contributed by atoms with E-state index in [0.29, 0.717) is 19.0 Å². The number of aliphatic imine (C=N–C) groups is 1. The van der Waals surface area contributed by atoms with Crippen molar-refractivity contribution in [2.45, 2.75) is 58.2 Å². The number of hydrogen-bond acceptors (Lipinski definition) is 5. The lowest BCUT2D eigenvalue weighted by molar-refractivity contribution is 0.0677. The number of hydrogen-bond donors (Lipinski definition) is 3. The molecule has 2 aromatic heterocycles. The number of halogens is 1. The Morgan fingerprint density at radius 1 is 1.41 bits per heavy atom. The third-order valence-electron chi connectivity index (χ3n) is 4.90. The summed E-state index contributed by atoms with van der Waals surface area (Å²) in [5.41, 5.74) is -0.118. The summed E-state index contributed by atoms with van der Waals surface area (Å²) in [4.78, 5) is 16.9. The molecule has 0 fully saturated rings. The van der Waals surface area contributed by atoms with Gasteiger partial charge in [0.25, 0.3) is 0 Å². The molecule has 1 aliphatic rings. The smallest absolute Gasteiger partial charge is 0.345 e. The fourth-order valence-corrected chi connectivity index (χ4v) is 4.05. The van der Waals surface area contributed by atoms with Crippen LogP contribution in [0.15, 0.2) is 26.6 Å². The molecule has 0 aromatic carbocycles. The number of fused-ring (bicyclic) bond motifs is 1. The summed E-state index contributed by atoms with van der Waals surface area (Å²) in [6, 6.07) is 1.92. The first-order valence-electron chi connectivity index (χ1n) is 9.95. The van der Waals surface area contributed by atoms with Gasteiger partial charge >= 0.3 is 5.69 Å². The Hall–Kier alpha value is -1.40. The van der Waals surface area contributed by atoms with Crippen molar-refractivity contribution in [3.05, 3.63) is 38.7 Å².